The number of thiophene rings is 1. The van der Waals surface area contributed by atoms with Gasteiger partial charge in [0.25, 0.3) is 0 Å². The van der Waals surface area contributed by atoms with Gasteiger partial charge in [0.15, 0.2) is 0 Å². The van der Waals surface area contributed by atoms with Gasteiger partial charge in [-0.05, 0) is 53.6 Å². The molecule has 0 spiro atoms. The number of aliphatic carboxylic acids is 1. The van der Waals surface area contributed by atoms with E-state index in [4.69, 9.17) is 21.2 Å². The number of carbonyl (C=O) groups is 1. The molecule has 2 aromatic carbocycles. The van der Waals surface area contributed by atoms with E-state index in [0.29, 0.717) is 16.3 Å². The molecule has 0 radical (unpaired) electrons. The van der Waals surface area contributed by atoms with Crippen molar-refractivity contribution in [3.05, 3.63) is 75.6 Å². The topological polar surface area (TPSA) is 68.1 Å². The Kier molecular flexibility index (Phi) is 6.34. The fourth-order valence-electron chi connectivity index (χ4n) is 2.77. The van der Waals surface area contributed by atoms with E-state index < -0.39 is 5.97 Å². The highest BCUT2D eigenvalue weighted by atomic mass is 35.5. The molecule has 0 aliphatic heterocycles. The van der Waals surface area contributed by atoms with Crippen molar-refractivity contribution >= 4 is 34.6 Å². The van der Waals surface area contributed by atoms with Crippen LogP contribution in [0.2, 0.25) is 5.02 Å². The van der Waals surface area contributed by atoms with E-state index in [9.17, 15) is 9.90 Å². The fraction of sp³-hybridized carbons (Fsp3) is 0.143. The largest absolute Gasteiger partial charge is 0.497 e. The molecule has 5 nitrogen and oxygen atoms in total. The molecule has 1 N–H and O–H groups in total. The van der Waals surface area contributed by atoms with Crippen molar-refractivity contribution in [2.24, 2.45) is 5.16 Å². The Morgan fingerprint density at radius 2 is 1.79 bits per heavy atom. The monoisotopic (exact) mass is 415 g/mol. The molecule has 3 aromatic rings. The SMILES string of the molecule is CON=C(c1ccc(OC)cc1)c1cc(CC(=O)O)c(-c2ccc(Cl)cc2)s1. The van der Waals surface area contributed by atoms with Crippen LogP contribution in [-0.2, 0) is 16.1 Å². The molecular weight excluding hydrogens is 398 g/mol. The lowest BCUT2D eigenvalue weighted by molar-refractivity contribution is -0.136. The molecule has 0 saturated heterocycles. The number of hydrogen-bond donors (Lipinski definition) is 1. The van der Waals surface area contributed by atoms with E-state index in [1.807, 2.05) is 42.5 Å². The van der Waals surface area contributed by atoms with Crippen molar-refractivity contribution < 1.29 is 19.5 Å². The van der Waals surface area contributed by atoms with Crippen LogP contribution in [0.25, 0.3) is 10.4 Å². The number of carboxylic acid groups (broad SMARTS) is 1. The van der Waals surface area contributed by atoms with E-state index in [0.717, 1.165) is 26.6 Å². The average molecular weight is 416 g/mol. The van der Waals surface area contributed by atoms with Crippen LogP contribution in [0.3, 0.4) is 0 Å². The summed E-state index contributed by atoms with van der Waals surface area (Å²) in [4.78, 5) is 18.1. The Labute approximate surface area is 171 Å². The standard InChI is InChI=1S/C21H18ClNO4S/c1-26-17-9-5-13(6-10-17)20(23-27-2)18-11-15(12-19(24)25)21(28-18)14-3-7-16(22)8-4-14/h3-11H,12H2,1-2H3,(H,24,25). The fourth-order valence-corrected chi connectivity index (χ4v) is 4.08. The molecule has 7 heteroatoms. The van der Waals surface area contributed by atoms with Gasteiger partial charge in [-0.3, -0.25) is 4.79 Å². The molecule has 0 amide bonds. The zero-order valence-corrected chi connectivity index (χ0v) is 16.9. The summed E-state index contributed by atoms with van der Waals surface area (Å²) in [6, 6.07) is 16.6. The zero-order valence-electron chi connectivity index (χ0n) is 15.3. The first kappa shape index (κ1) is 19.9. The molecular formula is C21H18ClNO4S. The molecule has 0 aliphatic carbocycles. The lowest BCUT2D eigenvalue weighted by atomic mass is 10.0. The van der Waals surface area contributed by atoms with Crippen molar-refractivity contribution in [1.29, 1.82) is 0 Å². The maximum atomic E-state index is 11.4. The summed E-state index contributed by atoms with van der Waals surface area (Å²) in [5, 5.41) is 14.1. The first-order chi connectivity index (χ1) is 13.5. The summed E-state index contributed by atoms with van der Waals surface area (Å²) in [6.07, 6.45) is -0.0860. The second kappa shape index (κ2) is 8.91. The second-order valence-corrected chi connectivity index (χ2v) is 7.38. The summed E-state index contributed by atoms with van der Waals surface area (Å²) in [6.45, 7) is 0. The van der Waals surface area contributed by atoms with Crippen molar-refractivity contribution in [1.82, 2.24) is 0 Å². The van der Waals surface area contributed by atoms with Crippen LogP contribution in [-0.4, -0.2) is 31.0 Å². The third-order valence-corrected chi connectivity index (χ3v) is 5.52. The van der Waals surface area contributed by atoms with Crippen LogP contribution in [0, 0.1) is 0 Å². The Morgan fingerprint density at radius 3 is 2.36 bits per heavy atom. The van der Waals surface area contributed by atoms with Crippen LogP contribution >= 0.6 is 22.9 Å². The maximum Gasteiger partial charge on any atom is 0.307 e. The number of carboxylic acids is 1. The Hall–Kier alpha value is -2.83. The maximum absolute atomic E-state index is 11.4. The highest BCUT2D eigenvalue weighted by molar-refractivity contribution is 7.17. The Balaban J connectivity index is 2.09. The molecule has 0 atom stereocenters. The minimum absolute atomic E-state index is 0.0860. The van der Waals surface area contributed by atoms with Gasteiger partial charge >= 0.3 is 5.97 Å². The number of methoxy groups -OCH3 is 1. The Bertz CT molecular complexity index is 994. The van der Waals surface area contributed by atoms with Crippen molar-refractivity contribution in [2.45, 2.75) is 6.42 Å². The van der Waals surface area contributed by atoms with Crippen molar-refractivity contribution in [3.63, 3.8) is 0 Å². The van der Waals surface area contributed by atoms with Crippen LogP contribution in [0.1, 0.15) is 16.0 Å². The summed E-state index contributed by atoms with van der Waals surface area (Å²) in [7, 11) is 3.09. The number of halogens is 1. The first-order valence-electron chi connectivity index (χ1n) is 8.38. The molecule has 1 aromatic heterocycles. The highest BCUT2D eigenvalue weighted by Gasteiger charge is 2.18. The smallest absolute Gasteiger partial charge is 0.307 e. The van der Waals surface area contributed by atoms with Gasteiger partial charge in [-0.25, -0.2) is 0 Å². The molecule has 1 heterocycles. The van der Waals surface area contributed by atoms with Crippen LogP contribution in [0.15, 0.2) is 59.8 Å². The van der Waals surface area contributed by atoms with E-state index in [1.54, 1.807) is 19.2 Å². The van der Waals surface area contributed by atoms with Crippen LogP contribution < -0.4 is 4.74 Å². The van der Waals surface area contributed by atoms with Gasteiger partial charge < -0.3 is 14.7 Å². The third kappa shape index (κ3) is 4.52. The number of rotatable bonds is 7. The van der Waals surface area contributed by atoms with Gasteiger partial charge in [-0.1, -0.05) is 28.9 Å². The van der Waals surface area contributed by atoms with Crippen molar-refractivity contribution in [3.8, 4) is 16.2 Å². The molecule has 28 heavy (non-hydrogen) atoms. The molecule has 0 bridgehead atoms. The summed E-state index contributed by atoms with van der Waals surface area (Å²) >= 11 is 7.45. The average Bonchev–Trinajstić information content (AvgIpc) is 3.09. The van der Waals surface area contributed by atoms with E-state index in [1.165, 1.54) is 18.4 Å². The number of oxime groups is 1. The molecule has 144 valence electrons. The molecule has 0 fully saturated rings. The van der Waals surface area contributed by atoms with Gasteiger partial charge in [-0.15, -0.1) is 11.3 Å². The summed E-state index contributed by atoms with van der Waals surface area (Å²) < 4.78 is 5.20. The molecule has 0 aliphatic rings. The molecule has 0 saturated carbocycles. The quantitative estimate of drug-likeness (QED) is 0.430. The lowest BCUT2D eigenvalue weighted by Gasteiger charge is -2.05. The predicted molar refractivity (Wildman–Crippen MR) is 112 cm³/mol. The van der Waals surface area contributed by atoms with Gasteiger partial charge in [0.1, 0.15) is 18.6 Å². The second-order valence-electron chi connectivity index (χ2n) is 5.89. The first-order valence-corrected chi connectivity index (χ1v) is 9.57. The zero-order chi connectivity index (χ0) is 20.1. The Morgan fingerprint density at radius 1 is 1.11 bits per heavy atom. The molecule has 0 unspecified atom stereocenters. The van der Waals surface area contributed by atoms with E-state index >= 15 is 0 Å². The van der Waals surface area contributed by atoms with Gasteiger partial charge in [0.05, 0.1) is 18.4 Å². The number of hydrogen-bond acceptors (Lipinski definition) is 5. The highest BCUT2D eigenvalue weighted by Crippen LogP contribution is 2.35. The third-order valence-electron chi connectivity index (χ3n) is 4.04. The van der Waals surface area contributed by atoms with E-state index in [-0.39, 0.29) is 6.42 Å². The van der Waals surface area contributed by atoms with Crippen LogP contribution in [0.5, 0.6) is 5.75 Å². The van der Waals surface area contributed by atoms with E-state index in [2.05, 4.69) is 5.16 Å². The van der Waals surface area contributed by atoms with Crippen LogP contribution in [0.4, 0.5) is 0 Å². The minimum Gasteiger partial charge on any atom is -0.497 e. The van der Waals surface area contributed by atoms with Gasteiger partial charge in [0.2, 0.25) is 0 Å². The molecule has 3 rings (SSSR count). The summed E-state index contributed by atoms with van der Waals surface area (Å²) in [5.74, 6) is -0.158. The lowest BCUT2D eigenvalue weighted by Crippen LogP contribution is -2.03. The van der Waals surface area contributed by atoms with Crippen molar-refractivity contribution in [2.75, 3.05) is 14.2 Å². The number of ether oxygens (including phenoxy) is 1. The summed E-state index contributed by atoms with van der Waals surface area (Å²) in [5.41, 5.74) is 3.09. The minimum atomic E-state index is -0.894. The number of benzene rings is 2. The normalized spacial score (nSPS) is 11.3. The number of nitrogens with zero attached hydrogens (tertiary/aromatic N) is 1. The predicted octanol–water partition coefficient (Wildman–Crippen LogP) is 5.10. The van der Waals surface area contributed by atoms with Gasteiger partial charge in [-0.2, -0.15) is 0 Å². The van der Waals surface area contributed by atoms with Gasteiger partial charge in [0, 0.05) is 15.5 Å².